The topological polar surface area (TPSA) is 71.8 Å². The SMILES string of the molecule is Cc1ccc(NC(=O)[C@@H]2Sc3nnc(C)n3N[C@@H]2c2ccc(Cl)cc2)cc1C. The van der Waals surface area contributed by atoms with Gasteiger partial charge < -0.3 is 10.7 Å². The van der Waals surface area contributed by atoms with E-state index in [0.717, 1.165) is 22.6 Å². The van der Waals surface area contributed by atoms with Gasteiger partial charge in [0, 0.05) is 10.7 Å². The Morgan fingerprint density at radius 3 is 2.57 bits per heavy atom. The summed E-state index contributed by atoms with van der Waals surface area (Å²) in [7, 11) is 0. The third-order valence-electron chi connectivity index (χ3n) is 4.86. The first-order valence-electron chi connectivity index (χ1n) is 8.91. The number of carbonyl (C=O) groups is 1. The molecule has 0 saturated carbocycles. The molecule has 1 aromatic heterocycles. The van der Waals surface area contributed by atoms with Crippen molar-refractivity contribution in [1.29, 1.82) is 0 Å². The molecule has 2 atom stereocenters. The van der Waals surface area contributed by atoms with Crippen LogP contribution in [0.1, 0.15) is 28.6 Å². The maximum Gasteiger partial charge on any atom is 0.240 e. The lowest BCUT2D eigenvalue weighted by Crippen LogP contribution is -2.41. The van der Waals surface area contributed by atoms with Crippen LogP contribution in [0.5, 0.6) is 0 Å². The third-order valence-corrected chi connectivity index (χ3v) is 6.33. The number of aryl methyl sites for hydroxylation is 3. The molecule has 3 aromatic rings. The summed E-state index contributed by atoms with van der Waals surface area (Å²) in [6, 6.07) is 13.2. The molecule has 28 heavy (non-hydrogen) atoms. The van der Waals surface area contributed by atoms with Crippen molar-refractivity contribution in [1.82, 2.24) is 14.9 Å². The van der Waals surface area contributed by atoms with Crippen LogP contribution < -0.4 is 10.7 Å². The molecule has 0 aliphatic carbocycles. The van der Waals surface area contributed by atoms with Crippen molar-refractivity contribution in [3.05, 3.63) is 70.0 Å². The van der Waals surface area contributed by atoms with E-state index in [9.17, 15) is 4.79 Å². The van der Waals surface area contributed by atoms with E-state index in [4.69, 9.17) is 11.6 Å². The second kappa shape index (κ2) is 7.48. The predicted molar refractivity (Wildman–Crippen MR) is 113 cm³/mol. The van der Waals surface area contributed by atoms with Crippen molar-refractivity contribution in [2.45, 2.75) is 37.2 Å². The molecule has 0 radical (unpaired) electrons. The number of benzene rings is 2. The zero-order valence-corrected chi connectivity index (χ0v) is 17.3. The Balaban J connectivity index is 1.65. The fraction of sp³-hybridized carbons (Fsp3) is 0.250. The van der Waals surface area contributed by atoms with E-state index in [0.29, 0.717) is 10.2 Å². The molecule has 4 rings (SSSR count). The van der Waals surface area contributed by atoms with Crippen LogP contribution >= 0.6 is 23.4 Å². The van der Waals surface area contributed by atoms with Gasteiger partial charge >= 0.3 is 0 Å². The van der Waals surface area contributed by atoms with Crippen LogP contribution in [0.3, 0.4) is 0 Å². The number of fused-ring (bicyclic) bond motifs is 1. The summed E-state index contributed by atoms with van der Waals surface area (Å²) in [5, 5.41) is 12.2. The van der Waals surface area contributed by atoms with Gasteiger partial charge in [0.05, 0.1) is 6.04 Å². The highest BCUT2D eigenvalue weighted by Gasteiger charge is 2.37. The van der Waals surface area contributed by atoms with Gasteiger partial charge in [0.25, 0.3) is 0 Å². The zero-order valence-electron chi connectivity index (χ0n) is 15.7. The number of amides is 1. The molecular weight excluding hydrogens is 394 g/mol. The van der Waals surface area contributed by atoms with Gasteiger partial charge in [0.1, 0.15) is 11.1 Å². The van der Waals surface area contributed by atoms with E-state index in [2.05, 4.69) is 20.9 Å². The van der Waals surface area contributed by atoms with Crippen molar-refractivity contribution in [2.24, 2.45) is 0 Å². The monoisotopic (exact) mass is 413 g/mol. The number of thioether (sulfide) groups is 1. The Morgan fingerprint density at radius 2 is 1.86 bits per heavy atom. The van der Waals surface area contributed by atoms with Crippen LogP contribution in [-0.2, 0) is 4.79 Å². The Labute approximate surface area is 172 Å². The minimum atomic E-state index is -0.418. The molecule has 2 heterocycles. The zero-order chi connectivity index (χ0) is 19.8. The van der Waals surface area contributed by atoms with E-state index in [1.165, 1.54) is 17.3 Å². The number of anilines is 1. The summed E-state index contributed by atoms with van der Waals surface area (Å²) in [6.07, 6.45) is 0. The van der Waals surface area contributed by atoms with E-state index >= 15 is 0 Å². The maximum atomic E-state index is 13.2. The molecule has 1 amide bonds. The summed E-state index contributed by atoms with van der Waals surface area (Å²) >= 11 is 7.44. The molecule has 0 saturated heterocycles. The van der Waals surface area contributed by atoms with Gasteiger partial charge in [0.2, 0.25) is 11.1 Å². The second-order valence-electron chi connectivity index (χ2n) is 6.85. The Kier molecular flexibility index (Phi) is 5.03. The van der Waals surface area contributed by atoms with Crippen molar-refractivity contribution >= 4 is 35.0 Å². The molecule has 0 unspecified atom stereocenters. The first-order valence-corrected chi connectivity index (χ1v) is 10.2. The predicted octanol–water partition coefficient (Wildman–Crippen LogP) is 4.25. The van der Waals surface area contributed by atoms with Gasteiger partial charge in [-0.2, -0.15) is 0 Å². The Morgan fingerprint density at radius 1 is 1.11 bits per heavy atom. The number of hydrogen-bond donors (Lipinski definition) is 2. The van der Waals surface area contributed by atoms with E-state index in [1.807, 2.05) is 67.9 Å². The van der Waals surface area contributed by atoms with Gasteiger partial charge in [0.15, 0.2) is 0 Å². The third kappa shape index (κ3) is 3.59. The van der Waals surface area contributed by atoms with Crippen molar-refractivity contribution in [3.63, 3.8) is 0 Å². The molecule has 144 valence electrons. The number of hydrogen-bond acceptors (Lipinski definition) is 5. The number of aromatic nitrogens is 3. The van der Waals surface area contributed by atoms with Gasteiger partial charge in [-0.05, 0) is 61.7 Å². The number of rotatable bonds is 3. The normalized spacial score (nSPS) is 18.3. The molecular formula is C20H20ClN5OS. The molecule has 2 aromatic carbocycles. The minimum absolute atomic E-state index is 0.0902. The number of carbonyl (C=O) groups excluding carboxylic acids is 1. The van der Waals surface area contributed by atoms with Crippen LogP contribution in [0, 0.1) is 20.8 Å². The lowest BCUT2D eigenvalue weighted by molar-refractivity contribution is -0.116. The van der Waals surface area contributed by atoms with Crippen molar-refractivity contribution in [3.8, 4) is 0 Å². The number of halogens is 1. The summed E-state index contributed by atoms with van der Waals surface area (Å²) in [5.41, 5.74) is 7.46. The fourth-order valence-corrected chi connectivity index (χ4v) is 4.36. The largest absolute Gasteiger partial charge is 0.325 e. The highest BCUT2D eigenvalue weighted by Crippen LogP contribution is 2.37. The van der Waals surface area contributed by atoms with Crippen LogP contribution in [0.4, 0.5) is 5.69 Å². The van der Waals surface area contributed by atoms with Crippen LogP contribution in [0.2, 0.25) is 5.02 Å². The standard InChI is InChI=1S/C20H20ClN5OS/c1-11-4-9-16(10-12(11)2)22-19(27)18-17(14-5-7-15(21)8-6-14)25-26-13(3)23-24-20(26)28-18/h4-10,17-18,25H,1-3H3,(H,22,27)/t17-,18-/m1/s1. The number of nitrogens with one attached hydrogen (secondary N) is 2. The van der Waals surface area contributed by atoms with Crippen LogP contribution in [0.15, 0.2) is 47.6 Å². The summed E-state index contributed by atoms with van der Waals surface area (Å²) < 4.78 is 1.82. The summed E-state index contributed by atoms with van der Waals surface area (Å²) in [4.78, 5) is 13.2. The molecule has 1 aliphatic rings. The number of nitrogens with zero attached hydrogens (tertiary/aromatic N) is 3. The van der Waals surface area contributed by atoms with Crippen LogP contribution in [-0.4, -0.2) is 26.0 Å². The van der Waals surface area contributed by atoms with E-state index in [-0.39, 0.29) is 11.9 Å². The summed E-state index contributed by atoms with van der Waals surface area (Å²) in [5.74, 6) is 0.655. The van der Waals surface area contributed by atoms with E-state index < -0.39 is 5.25 Å². The lowest BCUT2D eigenvalue weighted by Gasteiger charge is -2.32. The molecule has 6 nitrogen and oxygen atoms in total. The van der Waals surface area contributed by atoms with Crippen LogP contribution in [0.25, 0.3) is 0 Å². The molecule has 2 N–H and O–H groups in total. The minimum Gasteiger partial charge on any atom is -0.325 e. The first kappa shape index (κ1) is 18.8. The lowest BCUT2D eigenvalue weighted by atomic mass is 10.0. The van der Waals surface area contributed by atoms with E-state index in [1.54, 1.807) is 0 Å². The molecule has 1 aliphatic heterocycles. The Bertz CT molecular complexity index is 1030. The highest BCUT2D eigenvalue weighted by molar-refractivity contribution is 8.00. The molecule has 0 bridgehead atoms. The quantitative estimate of drug-likeness (QED) is 0.671. The highest BCUT2D eigenvalue weighted by atomic mass is 35.5. The molecule has 0 spiro atoms. The molecule has 0 fully saturated rings. The van der Waals surface area contributed by atoms with Gasteiger partial charge in [-0.3, -0.25) is 4.79 Å². The van der Waals surface area contributed by atoms with Gasteiger partial charge in [-0.15, -0.1) is 10.2 Å². The average molecular weight is 414 g/mol. The summed E-state index contributed by atoms with van der Waals surface area (Å²) in [6.45, 7) is 5.95. The van der Waals surface area contributed by atoms with Gasteiger partial charge in [-0.25, -0.2) is 4.68 Å². The average Bonchev–Trinajstić information content (AvgIpc) is 3.04. The Hall–Kier alpha value is -2.51. The second-order valence-corrected chi connectivity index (χ2v) is 8.40. The van der Waals surface area contributed by atoms with Crippen molar-refractivity contribution < 1.29 is 4.79 Å². The maximum absolute atomic E-state index is 13.2. The van der Waals surface area contributed by atoms with Gasteiger partial charge in [-0.1, -0.05) is 41.6 Å². The smallest absolute Gasteiger partial charge is 0.240 e. The fourth-order valence-electron chi connectivity index (χ4n) is 3.11. The molecule has 8 heteroatoms. The first-order chi connectivity index (χ1) is 13.4. The van der Waals surface area contributed by atoms with Crippen molar-refractivity contribution in [2.75, 3.05) is 10.7 Å².